The van der Waals surface area contributed by atoms with Gasteiger partial charge in [-0.05, 0) is 18.4 Å². The Kier molecular flexibility index (Phi) is 2.95. The summed E-state index contributed by atoms with van der Waals surface area (Å²) in [7, 11) is 0. The molecular weight excluding hydrogens is 229 g/mol. The Labute approximate surface area is 95.4 Å². The van der Waals surface area contributed by atoms with Crippen LogP contribution in [0.1, 0.15) is 0 Å². The first-order valence-corrected chi connectivity index (χ1v) is 5.59. The first kappa shape index (κ1) is 10.7. The Morgan fingerprint density at radius 3 is 2.69 bits per heavy atom. The molecule has 2 aromatic rings. The summed E-state index contributed by atoms with van der Waals surface area (Å²) in [6, 6.07) is 2.79. The zero-order valence-corrected chi connectivity index (χ0v) is 9.20. The highest BCUT2D eigenvalue weighted by atomic mass is 32.2. The van der Waals surface area contributed by atoms with Crippen molar-refractivity contribution in [3.8, 4) is 11.5 Å². The predicted molar refractivity (Wildman–Crippen MR) is 59.2 cm³/mol. The topological polar surface area (TPSA) is 77.6 Å². The van der Waals surface area contributed by atoms with Crippen molar-refractivity contribution < 1.29 is 4.39 Å². The quantitative estimate of drug-likeness (QED) is 0.795. The Balaban J connectivity index is 2.47. The summed E-state index contributed by atoms with van der Waals surface area (Å²) in [4.78, 5) is 15.9. The van der Waals surface area contributed by atoms with Gasteiger partial charge in [-0.1, -0.05) is 11.8 Å². The summed E-state index contributed by atoms with van der Waals surface area (Å²) in [5.74, 6) is 0.0631. The normalized spacial score (nSPS) is 10.4. The van der Waals surface area contributed by atoms with Crippen LogP contribution in [0.4, 0.5) is 10.3 Å². The maximum Gasteiger partial charge on any atom is 0.224 e. The second-order valence-corrected chi connectivity index (χ2v) is 3.64. The Morgan fingerprint density at radius 1 is 1.25 bits per heavy atom. The molecule has 16 heavy (non-hydrogen) atoms. The molecule has 0 bridgehead atoms. The number of aromatic nitrogens is 4. The average molecular weight is 237 g/mol. The van der Waals surface area contributed by atoms with Crippen LogP contribution in [0.25, 0.3) is 11.5 Å². The van der Waals surface area contributed by atoms with E-state index < -0.39 is 5.82 Å². The van der Waals surface area contributed by atoms with Gasteiger partial charge < -0.3 is 5.73 Å². The Hall–Kier alpha value is -1.76. The molecule has 0 aliphatic heterocycles. The number of pyridine rings is 1. The van der Waals surface area contributed by atoms with E-state index in [0.717, 1.165) is 6.20 Å². The van der Waals surface area contributed by atoms with E-state index in [1.807, 2.05) is 6.26 Å². The standard InChI is InChI=1S/C9H8FN5S/c1-16-9-14-7(13-8(11)15-9)6-3-2-5(10)4-12-6/h2-4H,1H3,(H2,11,13,14,15). The van der Waals surface area contributed by atoms with E-state index in [9.17, 15) is 4.39 Å². The number of hydrogen-bond donors (Lipinski definition) is 1. The average Bonchev–Trinajstić information content (AvgIpc) is 2.29. The van der Waals surface area contributed by atoms with Crippen LogP contribution in [0.3, 0.4) is 0 Å². The third-order valence-corrected chi connectivity index (χ3v) is 2.32. The second-order valence-electron chi connectivity index (χ2n) is 2.87. The van der Waals surface area contributed by atoms with Crippen LogP contribution < -0.4 is 5.73 Å². The zero-order chi connectivity index (χ0) is 11.5. The summed E-state index contributed by atoms with van der Waals surface area (Å²) < 4.78 is 12.7. The molecule has 0 saturated carbocycles. The third-order valence-electron chi connectivity index (χ3n) is 1.77. The monoisotopic (exact) mass is 237 g/mol. The lowest BCUT2D eigenvalue weighted by molar-refractivity contribution is 0.621. The number of nitrogens with two attached hydrogens (primary N) is 1. The zero-order valence-electron chi connectivity index (χ0n) is 8.38. The van der Waals surface area contributed by atoms with Crippen molar-refractivity contribution >= 4 is 17.7 Å². The number of nitrogens with zero attached hydrogens (tertiary/aromatic N) is 4. The third kappa shape index (κ3) is 2.25. The maximum atomic E-state index is 12.7. The molecular formula is C9H8FN5S. The molecule has 0 radical (unpaired) electrons. The molecule has 82 valence electrons. The van der Waals surface area contributed by atoms with Crippen LogP contribution in [-0.2, 0) is 0 Å². The van der Waals surface area contributed by atoms with E-state index in [1.165, 1.54) is 23.9 Å². The SMILES string of the molecule is CSc1nc(N)nc(-c2ccc(F)cn2)n1. The van der Waals surface area contributed by atoms with Crippen molar-refractivity contribution in [3.63, 3.8) is 0 Å². The smallest absolute Gasteiger partial charge is 0.224 e. The van der Waals surface area contributed by atoms with Gasteiger partial charge >= 0.3 is 0 Å². The minimum absolute atomic E-state index is 0.125. The first-order valence-electron chi connectivity index (χ1n) is 4.36. The number of anilines is 1. The molecule has 0 spiro atoms. The lowest BCUT2D eigenvalue weighted by Crippen LogP contribution is -2.02. The van der Waals surface area contributed by atoms with E-state index in [4.69, 9.17) is 5.73 Å². The van der Waals surface area contributed by atoms with E-state index in [1.54, 1.807) is 0 Å². The number of nitrogen functional groups attached to an aromatic ring is 1. The van der Waals surface area contributed by atoms with Crippen LogP contribution in [-0.4, -0.2) is 26.2 Å². The summed E-state index contributed by atoms with van der Waals surface area (Å²) in [5, 5.41) is 0.508. The lowest BCUT2D eigenvalue weighted by Gasteiger charge is -2.01. The van der Waals surface area contributed by atoms with Crippen molar-refractivity contribution in [1.82, 2.24) is 19.9 Å². The minimum atomic E-state index is -0.407. The van der Waals surface area contributed by atoms with Gasteiger partial charge in [-0.3, -0.25) is 0 Å². The number of halogens is 1. The molecule has 0 saturated heterocycles. The van der Waals surface area contributed by atoms with Gasteiger partial charge in [-0.15, -0.1) is 0 Å². The van der Waals surface area contributed by atoms with E-state index >= 15 is 0 Å². The van der Waals surface area contributed by atoms with Gasteiger partial charge in [-0.2, -0.15) is 9.97 Å². The number of thioether (sulfide) groups is 1. The fourth-order valence-electron chi connectivity index (χ4n) is 1.09. The number of hydrogen-bond acceptors (Lipinski definition) is 6. The molecule has 0 aromatic carbocycles. The van der Waals surface area contributed by atoms with Crippen molar-refractivity contribution in [2.24, 2.45) is 0 Å². The van der Waals surface area contributed by atoms with Crippen LogP contribution in [0.15, 0.2) is 23.5 Å². The minimum Gasteiger partial charge on any atom is -0.368 e. The van der Waals surface area contributed by atoms with E-state index in [-0.39, 0.29) is 5.95 Å². The van der Waals surface area contributed by atoms with Gasteiger partial charge in [0.15, 0.2) is 11.0 Å². The largest absolute Gasteiger partial charge is 0.368 e. The fraction of sp³-hybridized carbons (Fsp3) is 0.111. The van der Waals surface area contributed by atoms with Gasteiger partial charge in [0.1, 0.15) is 11.5 Å². The molecule has 2 heterocycles. The molecule has 5 nitrogen and oxygen atoms in total. The van der Waals surface area contributed by atoms with Gasteiger partial charge in [0.25, 0.3) is 0 Å². The van der Waals surface area contributed by atoms with E-state index in [2.05, 4.69) is 19.9 Å². The van der Waals surface area contributed by atoms with Crippen LogP contribution in [0.5, 0.6) is 0 Å². The molecule has 0 amide bonds. The molecule has 0 fully saturated rings. The highest BCUT2D eigenvalue weighted by Crippen LogP contribution is 2.16. The molecule has 2 N–H and O–H groups in total. The van der Waals surface area contributed by atoms with Crippen LogP contribution in [0, 0.1) is 5.82 Å². The Bertz CT molecular complexity index is 502. The summed E-state index contributed by atoms with van der Waals surface area (Å²) in [6.07, 6.45) is 2.94. The van der Waals surface area contributed by atoms with Gasteiger partial charge in [0.2, 0.25) is 5.95 Å². The predicted octanol–water partition coefficient (Wildman–Crippen LogP) is 1.38. The molecule has 2 rings (SSSR count). The highest BCUT2D eigenvalue weighted by Gasteiger charge is 2.07. The molecule has 7 heteroatoms. The molecule has 2 aromatic heterocycles. The lowest BCUT2D eigenvalue weighted by atomic mass is 10.3. The van der Waals surface area contributed by atoms with Crippen molar-refractivity contribution in [1.29, 1.82) is 0 Å². The molecule has 0 unspecified atom stereocenters. The van der Waals surface area contributed by atoms with Crippen molar-refractivity contribution in [2.75, 3.05) is 12.0 Å². The molecule has 0 aliphatic carbocycles. The maximum absolute atomic E-state index is 12.7. The summed E-state index contributed by atoms with van der Waals surface area (Å²) in [6.45, 7) is 0. The van der Waals surface area contributed by atoms with Crippen molar-refractivity contribution in [3.05, 3.63) is 24.1 Å². The summed E-state index contributed by atoms with van der Waals surface area (Å²) in [5.41, 5.74) is 5.99. The van der Waals surface area contributed by atoms with Crippen molar-refractivity contribution in [2.45, 2.75) is 5.16 Å². The van der Waals surface area contributed by atoms with Gasteiger partial charge in [-0.25, -0.2) is 14.4 Å². The van der Waals surface area contributed by atoms with Gasteiger partial charge in [0, 0.05) is 0 Å². The fourth-order valence-corrected chi connectivity index (χ4v) is 1.45. The molecule has 0 atom stereocenters. The van der Waals surface area contributed by atoms with Gasteiger partial charge in [0.05, 0.1) is 6.20 Å². The Morgan fingerprint density at radius 2 is 2.06 bits per heavy atom. The van der Waals surface area contributed by atoms with Crippen LogP contribution in [0.2, 0.25) is 0 Å². The number of rotatable bonds is 2. The first-order chi connectivity index (χ1) is 7.69. The highest BCUT2D eigenvalue weighted by molar-refractivity contribution is 7.98. The molecule has 0 aliphatic rings. The second kappa shape index (κ2) is 4.40. The van der Waals surface area contributed by atoms with E-state index in [0.29, 0.717) is 16.7 Å². The summed E-state index contributed by atoms with van der Waals surface area (Å²) >= 11 is 1.35. The van der Waals surface area contributed by atoms with Crippen LogP contribution >= 0.6 is 11.8 Å².